The maximum Gasteiger partial charge on any atom is 0.338 e. The van der Waals surface area contributed by atoms with Gasteiger partial charge in [0.05, 0.1) is 12.7 Å². The number of aromatic nitrogens is 3. The summed E-state index contributed by atoms with van der Waals surface area (Å²) >= 11 is 5.10. The molecular formula is C23H23BrN4O3S. The average molecular weight is 515 g/mol. The fourth-order valence-corrected chi connectivity index (χ4v) is 4.52. The number of methoxy groups -OCH3 is 1. The number of carbonyl (C=O) groups excluding carboxylic acids is 1. The highest BCUT2D eigenvalue weighted by Crippen LogP contribution is 2.41. The Morgan fingerprint density at radius 3 is 2.75 bits per heavy atom. The summed E-state index contributed by atoms with van der Waals surface area (Å²) in [5.41, 5.74) is 2.97. The number of thioether (sulfide) groups is 1. The minimum absolute atomic E-state index is 0.401. The summed E-state index contributed by atoms with van der Waals surface area (Å²) in [6, 6.07) is 15.2. The van der Waals surface area contributed by atoms with E-state index in [1.807, 2.05) is 62.4 Å². The van der Waals surface area contributed by atoms with E-state index in [1.54, 1.807) is 4.68 Å². The molecule has 2 aromatic carbocycles. The summed E-state index contributed by atoms with van der Waals surface area (Å²) in [6.07, 6.45) is 0. The molecule has 0 bridgehead atoms. The predicted octanol–water partition coefficient (Wildman–Crippen LogP) is 5.19. The number of allylic oxidation sites excluding steroid dienone is 1. The molecule has 1 aliphatic heterocycles. The number of fused-ring (bicyclic) bond motifs is 1. The van der Waals surface area contributed by atoms with E-state index in [-0.39, 0.29) is 0 Å². The lowest BCUT2D eigenvalue weighted by atomic mass is 9.95. The fourth-order valence-electron chi connectivity index (χ4n) is 3.58. The third kappa shape index (κ3) is 4.54. The molecule has 0 saturated heterocycles. The van der Waals surface area contributed by atoms with Crippen LogP contribution in [0, 0.1) is 0 Å². The van der Waals surface area contributed by atoms with E-state index >= 15 is 0 Å². The van der Waals surface area contributed by atoms with Crippen molar-refractivity contribution in [1.82, 2.24) is 14.8 Å². The van der Waals surface area contributed by atoms with Gasteiger partial charge in [-0.15, -0.1) is 5.10 Å². The van der Waals surface area contributed by atoms with Crippen molar-refractivity contribution in [1.29, 1.82) is 0 Å². The van der Waals surface area contributed by atoms with Crippen LogP contribution in [0.5, 0.6) is 5.75 Å². The Morgan fingerprint density at radius 1 is 1.25 bits per heavy atom. The van der Waals surface area contributed by atoms with Gasteiger partial charge >= 0.3 is 5.97 Å². The summed E-state index contributed by atoms with van der Waals surface area (Å²) in [5.74, 6) is 1.64. The van der Waals surface area contributed by atoms with Crippen LogP contribution in [-0.4, -0.2) is 33.6 Å². The largest absolute Gasteiger partial charge is 0.489 e. The molecule has 0 aliphatic carbocycles. The number of anilines is 1. The molecule has 166 valence electrons. The van der Waals surface area contributed by atoms with Crippen LogP contribution in [0.3, 0.4) is 0 Å². The standard InChI is InChI=1S/C23H23BrN4O3S/c1-4-32-23-26-22-25-14(2)19(21(29)30-3)20(28(22)27-23)17-12-16(24)10-11-18(17)31-13-15-8-6-5-7-9-15/h5-12,20H,4,13H2,1-3H3,(H,25,26,27). The third-order valence-electron chi connectivity index (χ3n) is 5.02. The molecule has 0 fully saturated rings. The topological polar surface area (TPSA) is 78.3 Å². The molecule has 4 rings (SSSR count). The Kier molecular flexibility index (Phi) is 6.86. The lowest BCUT2D eigenvalue weighted by Gasteiger charge is -2.29. The highest BCUT2D eigenvalue weighted by atomic mass is 79.9. The van der Waals surface area contributed by atoms with E-state index in [1.165, 1.54) is 18.9 Å². The van der Waals surface area contributed by atoms with Crippen LogP contribution in [0.4, 0.5) is 5.95 Å². The van der Waals surface area contributed by atoms with Crippen LogP contribution in [0.25, 0.3) is 0 Å². The van der Waals surface area contributed by atoms with Gasteiger partial charge in [-0.25, -0.2) is 9.48 Å². The molecule has 1 N–H and O–H groups in total. The molecule has 9 heteroatoms. The minimum Gasteiger partial charge on any atom is -0.489 e. The van der Waals surface area contributed by atoms with Crippen molar-refractivity contribution in [2.24, 2.45) is 0 Å². The van der Waals surface area contributed by atoms with Crippen LogP contribution in [0.1, 0.15) is 31.0 Å². The Balaban J connectivity index is 1.82. The maximum absolute atomic E-state index is 12.8. The van der Waals surface area contributed by atoms with E-state index in [2.05, 4.69) is 31.3 Å². The highest BCUT2D eigenvalue weighted by molar-refractivity contribution is 9.10. The van der Waals surface area contributed by atoms with Gasteiger partial charge < -0.3 is 14.8 Å². The zero-order valence-corrected chi connectivity index (χ0v) is 20.4. The first-order chi connectivity index (χ1) is 15.5. The van der Waals surface area contributed by atoms with Crippen molar-refractivity contribution in [2.45, 2.75) is 31.7 Å². The minimum atomic E-state index is -0.555. The number of hydrogen-bond acceptors (Lipinski definition) is 7. The second-order valence-corrected chi connectivity index (χ2v) is 9.26. The maximum atomic E-state index is 12.8. The van der Waals surface area contributed by atoms with Gasteiger partial charge in [-0.3, -0.25) is 0 Å². The van der Waals surface area contributed by atoms with Gasteiger partial charge in [-0.1, -0.05) is 64.9 Å². The molecule has 0 spiro atoms. The van der Waals surface area contributed by atoms with Crippen LogP contribution < -0.4 is 10.1 Å². The zero-order valence-electron chi connectivity index (χ0n) is 18.0. The number of nitrogens with one attached hydrogen (secondary N) is 1. The van der Waals surface area contributed by atoms with Gasteiger partial charge in [0.2, 0.25) is 11.1 Å². The summed E-state index contributed by atoms with van der Waals surface area (Å²) in [7, 11) is 1.38. The summed E-state index contributed by atoms with van der Waals surface area (Å²) in [4.78, 5) is 17.4. The van der Waals surface area contributed by atoms with Crippen molar-refractivity contribution in [3.8, 4) is 5.75 Å². The molecule has 0 saturated carbocycles. The Hall–Kier alpha value is -2.78. The molecule has 1 unspecified atom stereocenters. The quantitative estimate of drug-likeness (QED) is 0.343. The number of carbonyl (C=O) groups is 1. The first-order valence-corrected chi connectivity index (χ1v) is 11.9. The average Bonchev–Trinajstić information content (AvgIpc) is 3.19. The number of halogens is 1. The van der Waals surface area contributed by atoms with Crippen molar-refractivity contribution in [3.63, 3.8) is 0 Å². The molecule has 0 amide bonds. The molecule has 3 aromatic rings. The van der Waals surface area contributed by atoms with E-state index < -0.39 is 12.0 Å². The first-order valence-electron chi connectivity index (χ1n) is 10.1. The van der Waals surface area contributed by atoms with E-state index in [4.69, 9.17) is 9.47 Å². The summed E-state index contributed by atoms with van der Waals surface area (Å²) in [6.45, 7) is 4.28. The molecule has 1 atom stereocenters. The molecule has 7 nitrogen and oxygen atoms in total. The monoisotopic (exact) mass is 514 g/mol. The fraction of sp³-hybridized carbons (Fsp3) is 0.261. The molecule has 1 aliphatic rings. The third-order valence-corrected chi connectivity index (χ3v) is 6.23. The Morgan fingerprint density at radius 2 is 2.03 bits per heavy atom. The van der Waals surface area contributed by atoms with Gasteiger partial charge in [0.25, 0.3) is 0 Å². The normalized spacial score (nSPS) is 15.2. The highest BCUT2D eigenvalue weighted by Gasteiger charge is 2.36. The second kappa shape index (κ2) is 9.79. The Labute approximate surface area is 199 Å². The molecule has 1 aromatic heterocycles. The summed E-state index contributed by atoms with van der Waals surface area (Å²) in [5, 5.41) is 8.52. The van der Waals surface area contributed by atoms with Gasteiger partial charge in [0, 0.05) is 15.7 Å². The molecule has 0 radical (unpaired) electrons. The predicted molar refractivity (Wildman–Crippen MR) is 128 cm³/mol. The van der Waals surface area contributed by atoms with Crippen molar-refractivity contribution < 1.29 is 14.3 Å². The molecule has 2 heterocycles. The van der Waals surface area contributed by atoms with Crippen molar-refractivity contribution in [2.75, 3.05) is 18.2 Å². The van der Waals surface area contributed by atoms with Gasteiger partial charge in [-0.05, 0) is 36.4 Å². The number of benzene rings is 2. The number of ether oxygens (including phenoxy) is 2. The van der Waals surface area contributed by atoms with Crippen LogP contribution in [0.15, 0.2) is 69.4 Å². The van der Waals surface area contributed by atoms with Gasteiger partial charge in [-0.2, -0.15) is 4.98 Å². The lowest BCUT2D eigenvalue weighted by molar-refractivity contribution is -0.136. The SMILES string of the molecule is CCSc1nc2n(n1)C(c1cc(Br)ccc1OCc1ccccc1)C(C(=O)OC)=C(C)N2. The molecular weight excluding hydrogens is 492 g/mol. The molecule has 32 heavy (non-hydrogen) atoms. The number of hydrogen-bond donors (Lipinski definition) is 1. The zero-order chi connectivity index (χ0) is 22.7. The van der Waals surface area contributed by atoms with Crippen LogP contribution >= 0.6 is 27.7 Å². The van der Waals surface area contributed by atoms with E-state index in [9.17, 15) is 4.79 Å². The second-order valence-electron chi connectivity index (χ2n) is 7.11. The lowest BCUT2D eigenvalue weighted by Crippen LogP contribution is -2.29. The smallest absolute Gasteiger partial charge is 0.338 e. The van der Waals surface area contributed by atoms with Crippen molar-refractivity contribution in [3.05, 3.63) is 75.4 Å². The number of nitrogens with zero attached hydrogens (tertiary/aromatic N) is 3. The van der Waals surface area contributed by atoms with Crippen molar-refractivity contribution >= 4 is 39.6 Å². The number of rotatable bonds is 7. The van der Waals surface area contributed by atoms with Gasteiger partial charge in [0.15, 0.2) is 0 Å². The Bertz CT molecular complexity index is 1160. The van der Waals surface area contributed by atoms with Crippen LogP contribution in [-0.2, 0) is 16.1 Å². The number of esters is 1. The van der Waals surface area contributed by atoms with Crippen LogP contribution in [0.2, 0.25) is 0 Å². The van der Waals surface area contributed by atoms with E-state index in [0.717, 1.165) is 21.4 Å². The first kappa shape index (κ1) is 22.4. The summed E-state index contributed by atoms with van der Waals surface area (Å²) < 4.78 is 13.9. The van der Waals surface area contributed by atoms with Gasteiger partial charge in [0.1, 0.15) is 18.4 Å². The van der Waals surface area contributed by atoms with E-state index in [0.29, 0.717) is 34.7 Å².